The standard InChI is InChI=1S/C18H28O/c1-14(8-6-10-16(3)19)11-12-17-15(2)9-7-13-18(17,4)5/h6,8,11H,7,9-10,12-13H2,1-5H3/b8-6+,14-11+. The minimum atomic E-state index is 0.219. The van der Waals surface area contributed by atoms with Gasteiger partial charge in [0.05, 0.1) is 0 Å². The number of ketones is 1. The molecule has 0 aromatic heterocycles. The van der Waals surface area contributed by atoms with E-state index in [4.69, 9.17) is 0 Å². The molecule has 0 heterocycles. The molecule has 0 bridgehead atoms. The fourth-order valence-electron chi connectivity index (χ4n) is 2.87. The van der Waals surface area contributed by atoms with E-state index in [-0.39, 0.29) is 5.78 Å². The van der Waals surface area contributed by atoms with E-state index in [1.54, 1.807) is 18.1 Å². The molecule has 0 unspecified atom stereocenters. The average molecular weight is 260 g/mol. The van der Waals surface area contributed by atoms with E-state index in [9.17, 15) is 4.79 Å². The summed E-state index contributed by atoms with van der Waals surface area (Å²) in [5, 5.41) is 0. The molecule has 0 N–H and O–H groups in total. The van der Waals surface area contributed by atoms with Crippen molar-refractivity contribution in [2.45, 2.75) is 66.7 Å². The first-order chi connectivity index (χ1) is 8.83. The van der Waals surface area contributed by atoms with Crippen molar-refractivity contribution in [3.8, 4) is 0 Å². The molecule has 0 saturated heterocycles. The van der Waals surface area contributed by atoms with E-state index in [1.165, 1.54) is 24.8 Å². The summed E-state index contributed by atoms with van der Waals surface area (Å²) in [6.07, 6.45) is 11.8. The second-order valence-electron chi connectivity index (χ2n) is 6.46. The van der Waals surface area contributed by atoms with Crippen LogP contribution in [0.1, 0.15) is 66.7 Å². The van der Waals surface area contributed by atoms with Gasteiger partial charge in [-0.25, -0.2) is 0 Å². The van der Waals surface area contributed by atoms with E-state index in [2.05, 4.69) is 39.8 Å². The van der Waals surface area contributed by atoms with Crippen molar-refractivity contribution in [2.75, 3.05) is 0 Å². The van der Waals surface area contributed by atoms with Crippen LogP contribution in [0.5, 0.6) is 0 Å². The van der Waals surface area contributed by atoms with Gasteiger partial charge in [-0.1, -0.05) is 48.8 Å². The first-order valence-electron chi connectivity index (χ1n) is 7.35. The highest BCUT2D eigenvalue weighted by molar-refractivity contribution is 5.77. The lowest BCUT2D eigenvalue weighted by molar-refractivity contribution is -0.116. The van der Waals surface area contributed by atoms with E-state index < -0.39 is 0 Å². The fourth-order valence-corrected chi connectivity index (χ4v) is 2.87. The SMILES string of the molecule is CC(=O)C/C=C/C(C)=C/CC1=C(C)CCCC1(C)C. The lowest BCUT2D eigenvalue weighted by Crippen LogP contribution is -2.20. The van der Waals surface area contributed by atoms with Gasteiger partial charge in [0.1, 0.15) is 5.78 Å². The fraction of sp³-hybridized carbons (Fsp3) is 0.611. The number of hydrogen-bond donors (Lipinski definition) is 0. The summed E-state index contributed by atoms with van der Waals surface area (Å²) in [6.45, 7) is 10.7. The van der Waals surface area contributed by atoms with Crippen molar-refractivity contribution < 1.29 is 4.79 Å². The summed E-state index contributed by atoms with van der Waals surface area (Å²) in [7, 11) is 0. The van der Waals surface area contributed by atoms with Gasteiger partial charge in [-0.15, -0.1) is 0 Å². The van der Waals surface area contributed by atoms with Gasteiger partial charge in [0, 0.05) is 6.42 Å². The molecular formula is C18H28O. The van der Waals surface area contributed by atoms with E-state index in [0.29, 0.717) is 11.8 Å². The van der Waals surface area contributed by atoms with Crippen LogP contribution in [-0.4, -0.2) is 5.78 Å². The Balaban J connectivity index is 2.68. The van der Waals surface area contributed by atoms with Crippen molar-refractivity contribution in [1.82, 2.24) is 0 Å². The first-order valence-corrected chi connectivity index (χ1v) is 7.35. The third-order valence-corrected chi connectivity index (χ3v) is 4.10. The minimum Gasteiger partial charge on any atom is -0.300 e. The molecule has 1 nitrogen and oxygen atoms in total. The number of Topliss-reactive ketones (excluding diaryl/α,β-unsaturated/α-hetero) is 1. The summed E-state index contributed by atoms with van der Waals surface area (Å²) in [5.41, 5.74) is 4.79. The van der Waals surface area contributed by atoms with Gasteiger partial charge >= 0.3 is 0 Å². The highest BCUT2D eigenvalue weighted by Crippen LogP contribution is 2.41. The molecule has 0 fully saturated rings. The lowest BCUT2D eigenvalue weighted by Gasteiger charge is -2.34. The van der Waals surface area contributed by atoms with Crippen LogP contribution in [0.4, 0.5) is 0 Å². The molecule has 106 valence electrons. The highest BCUT2D eigenvalue weighted by atomic mass is 16.1. The minimum absolute atomic E-state index is 0.219. The van der Waals surface area contributed by atoms with Crippen molar-refractivity contribution in [3.63, 3.8) is 0 Å². The van der Waals surface area contributed by atoms with Crippen LogP contribution >= 0.6 is 0 Å². The maximum Gasteiger partial charge on any atom is 0.133 e. The van der Waals surface area contributed by atoms with Gasteiger partial charge in [-0.05, 0) is 51.9 Å². The number of hydrogen-bond acceptors (Lipinski definition) is 1. The molecule has 1 aliphatic carbocycles. The summed E-state index contributed by atoms with van der Waals surface area (Å²) >= 11 is 0. The van der Waals surface area contributed by atoms with Gasteiger partial charge in [-0.3, -0.25) is 4.79 Å². The van der Waals surface area contributed by atoms with Crippen LogP contribution in [0.3, 0.4) is 0 Å². The molecule has 0 amide bonds. The summed E-state index contributed by atoms with van der Waals surface area (Å²) in [5.74, 6) is 0.219. The van der Waals surface area contributed by atoms with Crippen molar-refractivity contribution in [3.05, 3.63) is 34.9 Å². The lowest BCUT2D eigenvalue weighted by atomic mass is 9.71. The van der Waals surface area contributed by atoms with Crippen molar-refractivity contribution in [1.29, 1.82) is 0 Å². The van der Waals surface area contributed by atoms with E-state index in [1.807, 2.05) is 6.08 Å². The maximum atomic E-state index is 10.9. The summed E-state index contributed by atoms with van der Waals surface area (Å²) in [6, 6.07) is 0. The molecule has 0 radical (unpaired) electrons. The molecule has 0 atom stereocenters. The van der Waals surface area contributed by atoms with Crippen LogP contribution in [0.2, 0.25) is 0 Å². The third-order valence-electron chi connectivity index (χ3n) is 4.10. The molecule has 1 aliphatic rings. The first kappa shape index (κ1) is 15.9. The van der Waals surface area contributed by atoms with Gasteiger partial charge in [-0.2, -0.15) is 0 Å². The van der Waals surface area contributed by atoms with Crippen LogP contribution in [0.25, 0.3) is 0 Å². The van der Waals surface area contributed by atoms with Crippen LogP contribution in [0, 0.1) is 5.41 Å². The molecule has 0 aliphatic heterocycles. The number of rotatable bonds is 5. The average Bonchev–Trinajstić information content (AvgIpc) is 2.26. The Morgan fingerprint density at radius 1 is 1.32 bits per heavy atom. The van der Waals surface area contributed by atoms with Gasteiger partial charge in [0.15, 0.2) is 0 Å². The zero-order chi connectivity index (χ0) is 14.5. The van der Waals surface area contributed by atoms with Crippen molar-refractivity contribution >= 4 is 5.78 Å². The highest BCUT2D eigenvalue weighted by Gasteiger charge is 2.27. The molecular weight excluding hydrogens is 232 g/mol. The Kier molecular flexibility index (Phi) is 5.78. The zero-order valence-electron chi connectivity index (χ0n) is 13.2. The van der Waals surface area contributed by atoms with Gasteiger partial charge < -0.3 is 0 Å². The van der Waals surface area contributed by atoms with Crippen LogP contribution in [0.15, 0.2) is 34.9 Å². The second-order valence-corrected chi connectivity index (χ2v) is 6.46. The molecule has 0 aromatic rings. The zero-order valence-corrected chi connectivity index (χ0v) is 13.2. The quantitative estimate of drug-likeness (QED) is 0.479. The van der Waals surface area contributed by atoms with E-state index >= 15 is 0 Å². The predicted octanol–water partition coefficient (Wildman–Crippen LogP) is 5.38. The molecule has 1 heteroatoms. The van der Waals surface area contributed by atoms with Gasteiger partial charge in [0.2, 0.25) is 0 Å². The largest absolute Gasteiger partial charge is 0.300 e. The normalized spacial score (nSPS) is 20.2. The number of carbonyl (C=O) groups excluding carboxylic acids is 1. The topological polar surface area (TPSA) is 17.1 Å². The predicted molar refractivity (Wildman–Crippen MR) is 83.1 cm³/mol. The van der Waals surface area contributed by atoms with Crippen LogP contribution < -0.4 is 0 Å². The van der Waals surface area contributed by atoms with Crippen LogP contribution in [-0.2, 0) is 4.79 Å². The number of carbonyl (C=O) groups is 1. The smallest absolute Gasteiger partial charge is 0.133 e. The summed E-state index contributed by atoms with van der Waals surface area (Å²) < 4.78 is 0. The Bertz CT molecular complexity index is 419. The van der Waals surface area contributed by atoms with E-state index in [0.717, 1.165) is 6.42 Å². The monoisotopic (exact) mass is 260 g/mol. The molecule has 0 saturated carbocycles. The Labute approximate surface area is 118 Å². The Hall–Kier alpha value is -1.11. The Morgan fingerprint density at radius 3 is 2.58 bits per heavy atom. The maximum absolute atomic E-state index is 10.9. The Morgan fingerprint density at radius 2 is 2.00 bits per heavy atom. The molecule has 0 aromatic carbocycles. The summed E-state index contributed by atoms with van der Waals surface area (Å²) in [4.78, 5) is 10.9. The third kappa shape index (κ3) is 5.18. The second kappa shape index (κ2) is 6.88. The molecule has 1 rings (SSSR count). The molecule has 19 heavy (non-hydrogen) atoms. The van der Waals surface area contributed by atoms with Crippen molar-refractivity contribution in [2.24, 2.45) is 5.41 Å². The number of allylic oxidation sites excluding steroid dienone is 6. The van der Waals surface area contributed by atoms with Gasteiger partial charge in [0.25, 0.3) is 0 Å². The molecule has 0 spiro atoms.